The van der Waals surface area contributed by atoms with Crippen LogP contribution in [0.4, 0.5) is 5.69 Å². The fraction of sp³-hybridized carbons (Fsp3) is 0.143. The molecule has 1 aromatic heterocycles. The molecular formula is C14H13ClN2O3. The second-order valence-electron chi connectivity index (χ2n) is 4.10. The molecule has 0 saturated carbocycles. The number of benzene rings is 1. The maximum absolute atomic E-state index is 12.3. The largest absolute Gasteiger partial charge is 0.465 e. The first-order chi connectivity index (χ1) is 9.54. The van der Waals surface area contributed by atoms with Crippen molar-refractivity contribution in [1.29, 1.82) is 0 Å². The third kappa shape index (κ3) is 2.67. The number of aromatic nitrogens is 1. The molecule has 0 aliphatic carbocycles. The quantitative estimate of drug-likeness (QED) is 0.885. The van der Waals surface area contributed by atoms with Crippen molar-refractivity contribution in [2.45, 2.75) is 0 Å². The lowest BCUT2D eigenvalue weighted by Crippen LogP contribution is -2.28. The maximum atomic E-state index is 12.3. The molecule has 0 aliphatic heterocycles. The highest BCUT2D eigenvalue weighted by molar-refractivity contribution is 6.31. The summed E-state index contributed by atoms with van der Waals surface area (Å²) in [6, 6.07) is 8.26. The van der Waals surface area contributed by atoms with E-state index in [0.717, 1.165) is 0 Å². The van der Waals surface area contributed by atoms with E-state index in [2.05, 4.69) is 4.98 Å². The van der Waals surface area contributed by atoms with Gasteiger partial charge in [0.1, 0.15) is 5.69 Å². The Morgan fingerprint density at radius 1 is 1.30 bits per heavy atom. The van der Waals surface area contributed by atoms with Crippen LogP contribution in [0.15, 0.2) is 36.5 Å². The molecule has 6 heteroatoms. The molecule has 104 valence electrons. The Kier molecular flexibility index (Phi) is 4.10. The van der Waals surface area contributed by atoms with E-state index in [1.807, 2.05) is 0 Å². The zero-order valence-corrected chi connectivity index (χ0v) is 11.8. The van der Waals surface area contributed by atoms with E-state index in [-0.39, 0.29) is 5.91 Å². The number of carbonyl (C=O) groups excluding carboxylic acids is 2. The van der Waals surface area contributed by atoms with Gasteiger partial charge in [-0.15, -0.1) is 0 Å². The molecule has 5 nitrogen and oxygen atoms in total. The Morgan fingerprint density at radius 2 is 2.00 bits per heavy atom. The molecule has 0 bridgehead atoms. The van der Waals surface area contributed by atoms with Gasteiger partial charge in [-0.1, -0.05) is 23.7 Å². The topological polar surface area (TPSA) is 62.4 Å². The van der Waals surface area contributed by atoms with E-state index < -0.39 is 5.97 Å². The molecule has 0 atom stereocenters. The number of rotatable bonds is 3. The number of para-hydroxylation sites is 1. The van der Waals surface area contributed by atoms with Crippen molar-refractivity contribution >= 4 is 29.2 Å². The van der Waals surface area contributed by atoms with Crippen molar-refractivity contribution in [1.82, 2.24) is 4.98 Å². The SMILES string of the molecule is COC(=O)c1ccccc1N(C)C(=O)c1cc(Cl)c[nH]1. The van der Waals surface area contributed by atoms with Crippen LogP contribution < -0.4 is 4.90 Å². The lowest BCUT2D eigenvalue weighted by molar-refractivity contribution is 0.0601. The zero-order valence-electron chi connectivity index (χ0n) is 11.0. The van der Waals surface area contributed by atoms with Crippen molar-refractivity contribution in [3.8, 4) is 0 Å². The first-order valence-electron chi connectivity index (χ1n) is 5.84. The van der Waals surface area contributed by atoms with Crippen molar-refractivity contribution < 1.29 is 14.3 Å². The van der Waals surface area contributed by atoms with E-state index >= 15 is 0 Å². The predicted molar refractivity (Wildman–Crippen MR) is 76.3 cm³/mol. The number of H-pyrrole nitrogens is 1. The Hall–Kier alpha value is -2.27. The molecule has 1 amide bonds. The van der Waals surface area contributed by atoms with Gasteiger partial charge in [-0.25, -0.2) is 4.79 Å². The normalized spacial score (nSPS) is 10.2. The number of aromatic amines is 1. The van der Waals surface area contributed by atoms with Crippen LogP contribution in [-0.4, -0.2) is 31.0 Å². The number of carbonyl (C=O) groups is 2. The van der Waals surface area contributed by atoms with Crippen LogP contribution in [0, 0.1) is 0 Å². The van der Waals surface area contributed by atoms with E-state index in [4.69, 9.17) is 16.3 Å². The molecule has 0 aliphatic rings. The van der Waals surface area contributed by atoms with E-state index in [0.29, 0.717) is 22.0 Å². The number of nitrogens with one attached hydrogen (secondary N) is 1. The molecule has 1 N–H and O–H groups in total. The Bertz CT molecular complexity index is 651. The molecule has 0 unspecified atom stereocenters. The van der Waals surface area contributed by atoms with Gasteiger partial charge in [0.05, 0.1) is 23.4 Å². The van der Waals surface area contributed by atoms with Crippen LogP contribution in [0.5, 0.6) is 0 Å². The summed E-state index contributed by atoms with van der Waals surface area (Å²) in [6.07, 6.45) is 1.52. The van der Waals surface area contributed by atoms with Crippen LogP contribution in [0.3, 0.4) is 0 Å². The number of esters is 1. The number of anilines is 1. The van der Waals surface area contributed by atoms with Gasteiger partial charge in [-0.2, -0.15) is 0 Å². The van der Waals surface area contributed by atoms with Gasteiger partial charge >= 0.3 is 5.97 Å². The third-order valence-corrected chi connectivity index (χ3v) is 3.07. The highest BCUT2D eigenvalue weighted by Gasteiger charge is 2.20. The summed E-state index contributed by atoms with van der Waals surface area (Å²) < 4.78 is 4.71. The number of ether oxygens (including phenoxy) is 1. The summed E-state index contributed by atoms with van der Waals surface area (Å²) in [5.74, 6) is -0.793. The fourth-order valence-electron chi connectivity index (χ4n) is 1.83. The molecule has 0 saturated heterocycles. The molecule has 20 heavy (non-hydrogen) atoms. The second kappa shape index (κ2) is 5.79. The minimum absolute atomic E-state index is 0.298. The third-order valence-electron chi connectivity index (χ3n) is 2.85. The number of halogens is 1. The highest BCUT2D eigenvalue weighted by atomic mass is 35.5. The van der Waals surface area contributed by atoms with Crippen LogP contribution in [0.1, 0.15) is 20.8 Å². The molecule has 1 aromatic carbocycles. The zero-order chi connectivity index (χ0) is 14.7. The van der Waals surface area contributed by atoms with E-state index in [1.165, 1.54) is 24.3 Å². The van der Waals surface area contributed by atoms with Crippen molar-refractivity contribution in [3.63, 3.8) is 0 Å². The van der Waals surface area contributed by atoms with Gasteiger partial charge in [-0.05, 0) is 18.2 Å². The molecule has 1 heterocycles. The molecule has 2 aromatic rings. The van der Waals surface area contributed by atoms with Crippen LogP contribution in [-0.2, 0) is 4.74 Å². The molecule has 2 rings (SSSR count). The summed E-state index contributed by atoms with van der Waals surface area (Å²) in [5, 5.41) is 0.447. The lowest BCUT2D eigenvalue weighted by Gasteiger charge is -2.19. The first-order valence-corrected chi connectivity index (χ1v) is 6.21. The maximum Gasteiger partial charge on any atom is 0.339 e. The number of methoxy groups -OCH3 is 1. The van der Waals surface area contributed by atoms with Crippen molar-refractivity contribution in [3.05, 3.63) is 52.8 Å². The average Bonchev–Trinajstić information content (AvgIpc) is 2.91. The lowest BCUT2D eigenvalue weighted by atomic mass is 10.1. The summed E-state index contributed by atoms with van der Waals surface area (Å²) in [4.78, 5) is 28.2. The highest BCUT2D eigenvalue weighted by Crippen LogP contribution is 2.22. The van der Waals surface area contributed by atoms with Gasteiger partial charge < -0.3 is 14.6 Å². The van der Waals surface area contributed by atoms with E-state index in [1.54, 1.807) is 31.3 Å². The molecule has 0 spiro atoms. The van der Waals surface area contributed by atoms with E-state index in [9.17, 15) is 9.59 Å². The van der Waals surface area contributed by atoms with Crippen LogP contribution in [0.2, 0.25) is 5.02 Å². The average molecular weight is 293 g/mol. The Balaban J connectivity index is 2.36. The second-order valence-corrected chi connectivity index (χ2v) is 4.54. The summed E-state index contributed by atoms with van der Waals surface area (Å²) in [5.41, 5.74) is 1.13. The minimum Gasteiger partial charge on any atom is -0.465 e. The number of hydrogen-bond donors (Lipinski definition) is 1. The van der Waals surface area contributed by atoms with Gasteiger partial charge in [-0.3, -0.25) is 4.79 Å². The van der Waals surface area contributed by atoms with Crippen LogP contribution >= 0.6 is 11.6 Å². The number of nitrogens with zero attached hydrogens (tertiary/aromatic N) is 1. The van der Waals surface area contributed by atoms with Gasteiger partial charge in [0.15, 0.2) is 0 Å². The standard InChI is InChI=1S/C14H13ClN2O3/c1-17(13(18)11-7-9(15)8-16-11)12-6-4-3-5-10(12)14(19)20-2/h3-8,16H,1-2H3. The summed E-state index contributed by atoms with van der Waals surface area (Å²) in [7, 11) is 2.88. The summed E-state index contributed by atoms with van der Waals surface area (Å²) in [6.45, 7) is 0. The van der Waals surface area contributed by atoms with Crippen LogP contribution in [0.25, 0.3) is 0 Å². The van der Waals surface area contributed by atoms with Crippen molar-refractivity contribution in [2.75, 3.05) is 19.1 Å². The smallest absolute Gasteiger partial charge is 0.339 e. The molecule has 0 radical (unpaired) electrons. The van der Waals surface area contributed by atoms with Gasteiger partial charge in [0, 0.05) is 13.2 Å². The number of hydrogen-bond acceptors (Lipinski definition) is 3. The molecule has 0 fully saturated rings. The predicted octanol–water partition coefficient (Wildman–Crippen LogP) is 2.73. The Labute approximate surface area is 121 Å². The van der Waals surface area contributed by atoms with Gasteiger partial charge in [0.25, 0.3) is 5.91 Å². The van der Waals surface area contributed by atoms with Crippen molar-refractivity contribution in [2.24, 2.45) is 0 Å². The fourth-order valence-corrected chi connectivity index (χ4v) is 1.99. The Morgan fingerprint density at radius 3 is 2.60 bits per heavy atom. The summed E-state index contributed by atoms with van der Waals surface area (Å²) >= 11 is 5.78. The first kappa shape index (κ1) is 14.1. The molecular weight excluding hydrogens is 280 g/mol. The monoisotopic (exact) mass is 292 g/mol. The van der Waals surface area contributed by atoms with Gasteiger partial charge in [0.2, 0.25) is 0 Å². The minimum atomic E-state index is -0.496. The number of amides is 1.